The van der Waals surface area contributed by atoms with Crippen LogP contribution < -0.4 is 5.32 Å². The van der Waals surface area contributed by atoms with E-state index in [-0.39, 0.29) is 11.8 Å². The lowest BCUT2D eigenvalue weighted by atomic mass is 9.95. The van der Waals surface area contributed by atoms with Crippen molar-refractivity contribution in [1.82, 2.24) is 5.32 Å². The third-order valence-electron chi connectivity index (χ3n) is 3.12. The molecule has 0 aromatic rings. The van der Waals surface area contributed by atoms with Crippen molar-refractivity contribution in [2.75, 3.05) is 0 Å². The van der Waals surface area contributed by atoms with Crippen molar-refractivity contribution < 1.29 is 4.79 Å². The second kappa shape index (κ2) is 7.27. The average molecular weight is 224 g/mol. The molecule has 0 aromatic heterocycles. The van der Waals surface area contributed by atoms with Crippen LogP contribution in [0.15, 0.2) is 0 Å². The second-order valence-corrected chi connectivity index (χ2v) is 4.53. The molecule has 0 aromatic carbocycles. The third-order valence-corrected chi connectivity index (χ3v) is 3.12. The number of nitrogens with one attached hydrogen (secondary N) is 1. The van der Waals surface area contributed by atoms with Crippen LogP contribution >= 0.6 is 0 Å². The molecule has 0 saturated heterocycles. The van der Waals surface area contributed by atoms with E-state index in [2.05, 4.69) is 18.3 Å². The van der Waals surface area contributed by atoms with Crippen LogP contribution in [0.1, 0.15) is 59.8 Å². The molecule has 3 nitrogen and oxygen atoms in total. The Hall–Kier alpha value is -1.04. The van der Waals surface area contributed by atoms with E-state index in [4.69, 9.17) is 5.26 Å². The van der Waals surface area contributed by atoms with Crippen LogP contribution in [0, 0.1) is 17.2 Å². The molecule has 2 atom stereocenters. The molecule has 0 aliphatic carbocycles. The minimum Gasteiger partial charge on any atom is -0.338 e. The Morgan fingerprint density at radius 3 is 2.44 bits per heavy atom. The van der Waals surface area contributed by atoms with Crippen LogP contribution in [-0.4, -0.2) is 11.4 Å². The highest BCUT2D eigenvalue weighted by molar-refractivity contribution is 5.79. The first kappa shape index (κ1) is 15.0. The highest BCUT2D eigenvalue weighted by atomic mass is 16.2. The van der Waals surface area contributed by atoms with Gasteiger partial charge in [-0.05, 0) is 26.2 Å². The minimum atomic E-state index is -0.712. The van der Waals surface area contributed by atoms with E-state index >= 15 is 0 Å². The van der Waals surface area contributed by atoms with E-state index in [9.17, 15) is 4.79 Å². The van der Waals surface area contributed by atoms with E-state index in [1.54, 1.807) is 6.92 Å². The molecule has 0 rings (SSSR count). The number of carbonyl (C=O) groups is 1. The molecule has 3 heteroatoms. The lowest BCUT2D eigenvalue weighted by molar-refractivity contribution is -0.126. The van der Waals surface area contributed by atoms with Gasteiger partial charge < -0.3 is 5.32 Å². The largest absolute Gasteiger partial charge is 0.338 e. The standard InChI is InChI=1S/C13H24N2O/c1-5-8-9-11(6-2)12(16)15-13(4,7-3)10-14/h11H,5-9H2,1-4H3,(H,15,16). The van der Waals surface area contributed by atoms with Gasteiger partial charge in [-0.3, -0.25) is 4.79 Å². The molecule has 0 saturated carbocycles. The molecule has 0 radical (unpaired) electrons. The molecule has 2 unspecified atom stereocenters. The van der Waals surface area contributed by atoms with E-state index in [0.29, 0.717) is 6.42 Å². The average Bonchev–Trinajstić information content (AvgIpc) is 2.29. The minimum absolute atomic E-state index is 0.0295. The van der Waals surface area contributed by atoms with Crippen molar-refractivity contribution in [3.8, 4) is 6.07 Å². The molecule has 0 aliphatic heterocycles. The first-order valence-electron chi connectivity index (χ1n) is 6.26. The Balaban J connectivity index is 4.36. The first-order chi connectivity index (χ1) is 7.52. The number of amides is 1. The van der Waals surface area contributed by atoms with Crippen LogP contribution in [0.4, 0.5) is 0 Å². The summed E-state index contributed by atoms with van der Waals surface area (Å²) in [7, 11) is 0. The van der Waals surface area contributed by atoms with Gasteiger partial charge in [0.05, 0.1) is 6.07 Å². The number of nitriles is 1. The summed E-state index contributed by atoms with van der Waals surface area (Å²) in [6, 6.07) is 2.16. The van der Waals surface area contributed by atoms with Crippen LogP contribution in [0.5, 0.6) is 0 Å². The van der Waals surface area contributed by atoms with E-state index in [0.717, 1.165) is 25.7 Å². The highest BCUT2D eigenvalue weighted by Gasteiger charge is 2.26. The number of hydrogen-bond donors (Lipinski definition) is 1. The maximum absolute atomic E-state index is 12.0. The molecule has 0 aliphatic rings. The monoisotopic (exact) mass is 224 g/mol. The van der Waals surface area contributed by atoms with Crippen molar-refractivity contribution in [1.29, 1.82) is 5.26 Å². The first-order valence-corrected chi connectivity index (χ1v) is 6.26. The molecule has 0 fully saturated rings. The molecule has 0 heterocycles. The Bertz CT molecular complexity index is 257. The van der Waals surface area contributed by atoms with Gasteiger partial charge in [0.25, 0.3) is 0 Å². The molecule has 1 N–H and O–H groups in total. The molecular formula is C13H24N2O. The van der Waals surface area contributed by atoms with E-state index in [1.807, 2.05) is 13.8 Å². The van der Waals surface area contributed by atoms with Gasteiger partial charge in [0, 0.05) is 5.92 Å². The topological polar surface area (TPSA) is 52.9 Å². The summed E-state index contributed by atoms with van der Waals surface area (Å²) in [4.78, 5) is 12.0. The normalized spacial score (nSPS) is 15.9. The summed E-state index contributed by atoms with van der Waals surface area (Å²) < 4.78 is 0. The maximum atomic E-state index is 12.0. The number of carbonyl (C=O) groups excluding carboxylic acids is 1. The summed E-state index contributed by atoms with van der Waals surface area (Å²) >= 11 is 0. The molecule has 1 amide bonds. The van der Waals surface area contributed by atoms with Gasteiger partial charge in [-0.2, -0.15) is 5.26 Å². The highest BCUT2D eigenvalue weighted by Crippen LogP contribution is 2.15. The van der Waals surface area contributed by atoms with Crippen LogP contribution in [-0.2, 0) is 4.79 Å². The van der Waals surface area contributed by atoms with Crippen LogP contribution in [0.25, 0.3) is 0 Å². The second-order valence-electron chi connectivity index (χ2n) is 4.53. The Kier molecular flexibility index (Phi) is 6.80. The number of nitrogens with zero attached hydrogens (tertiary/aromatic N) is 1. The molecular weight excluding hydrogens is 200 g/mol. The van der Waals surface area contributed by atoms with Crippen molar-refractivity contribution in [2.24, 2.45) is 5.92 Å². The lowest BCUT2D eigenvalue weighted by Gasteiger charge is -2.24. The smallest absolute Gasteiger partial charge is 0.224 e. The fraction of sp³-hybridized carbons (Fsp3) is 0.846. The summed E-state index contributed by atoms with van der Waals surface area (Å²) in [5, 5.41) is 11.9. The van der Waals surface area contributed by atoms with E-state index in [1.165, 1.54) is 0 Å². The fourth-order valence-corrected chi connectivity index (χ4v) is 1.54. The van der Waals surface area contributed by atoms with Gasteiger partial charge in [0.15, 0.2) is 0 Å². The zero-order valence-corrected chi connectivity index (χ0v) is 11.0. The van der Waals surface area contributed by atoms with Gasteiger partial charge in [0.1, 0.15) is 5.54 Å². The van der Waals surface area contributed by atoms with Crippen LogP contribution in [0.2, 0.25) is 0 Å². The van der Waals surface area contributed by atoms with Crippen molar-refractivity contribution >= 4 is 5.91 Å². The van der Waals surface area contributed by atoms with Gasteiger partial charge >= 0.3 is 0 Å². The number of unbranched alkanes of at least 4 members (excludes halogenated alkanes) is 1. The van der Waals surface area contributed by atoms with E-state index < -0.39 is 5.54 Å². The summed E-state index contributed by atoms with van der Waals surface area (Å²) in [6.07, 6.45) is 4.58. The predicted octanol–water partition coefficient (Wildman–Crippen LogP) is 3.01. The zero-order chi connectivity index (χ0) is 12.6. The Morgan fingerprint density at radius 2 is 2.06 bits per heavy atom. The number of rotatable bonds is 7. The molecule has 0 spiro atoms. The summed E-state index contributed by atoms with van der Waals surface area (Å²) in [6.45, 7) is 7.83. The van der Waals surface area contributed by atoms with Crippen LogP contribution in [0.3, 0.4) is 0 Å². The fourth-order valence-electron chi connectivity index (χ4n) is 1.54. The zero-order valence-electron chi connectivity index (χ0n) is 11.0. The lowest BCUT2D eigenvalue weighted by Crippen LogP contribution is -2.46. The number of hydrogen-bond acceptors (Lipinski definition) is 2. The van der Waals surface area contributed by atoms with Gasteiger partial charge in [-0.25, -0.2) is 0 Å². The van der Waals surface area contributed by atoms with Crippen molar-refractivity contribution in [3.63, 3.8) is 0 Å². The van der Waals surface area contributed by atoms with Crippen molar-refractivity contribution in [3.05, 3.63) is 0 Å². The summed E-state index contributed by atoms with van der Waals surface area (Å²) in [5.74, 6) is 0.0843. The van der Waals surface area contributed by atoms with Crippen molar-refractivity contribution in [2.45, 2.75) is 65.3 Å². The maximum Gasteiger partial charge on any atom is 0.224 e. The Labute approximate surface area is 99.2 Å². The molecule has 16 heavy (non-hydrogen) atoms. The summed E-state index contributed by atoms with van der Waals surface area (Å²) in [5.41, 5.74) is -0.712. The molecule has 92 valence electrons. The third kappa shape index (κ3) is 4.65. The predicted molar refractivity (Wildman–Crippen MR) is 65.8 cm³/mol. The quantitative estimate of drug-likeness (QED) is 0.722. The van der Waals surface area contributed by atoms with Gasteiger partial charge in [-0.15, -0.1) is 0 Å². The van der Waals surface area contributed by atoms with Gasteiger partial charge in [-0.1, -0.05) is 33.6 Å². The Morgan fingerprint density at radius 1 is 1.44 bits per heavy atom. The van der Waals surface area contributed by atoms with Gasteiger partial charge in [0.2, 0.25) is 5.91 Å². The SMILES string of the molecule is CCCCC(CC)C(=O)NC(C)(C#N)CC. The molecule has 0 bridgehead atoms.